The van der Waals surface area contributed by atoms with Crippen molar-refractivity contribution in [2.75, 3.05) is 13.6 Å². The van der Waals surface area contributed by atoms with Crippen LogP contribution in [0.4, 0.5) is 0 Å². The molecule has 0 saturated carbocycles. The smallest absolute Gasteiger partial charge is 0.302 e. The van der Waals surface area contributed by atoms with Gasteiger partial charge in [0, 0.05) is 12.5 Å². The maximum atomic E-state index is 5.67. The largest absolute Gasteiger partial charge is 1.00 e. The molecule has 1 fully saturated rings. The van der Waals surface area contributed by atoms with E-state index in [1.165, 1.54) is 0 Å². The average Bonchev–Trinajstić information content (AvgIpc) is 2.59. The predicted molar refractivity (Wildman–Crippen MR) is 50.2 cm³/mol. The Bertz CT molecular complexity index is 207. The first-order chi connectivity index (χ1) is 5.64. The Hall–Kier alpha value is -0.310. The molecule has 1 rings (SSSR count). The lowest BCUT2D eigenvalue weighted by molar-refractivity contribution is -0.903. The van der Waals surface area contributed by atoms with E-state index in [9.17, 15) is 0 Å². The average molecular weight is 204 g/mol. The van der Waals surface area contributed by atoms with Crippen molar-refractivity contribution in [1.82, 2.24) is 0 Å². The second kappa shape index (κ2) is 4.27. The molecule has 0 aliphatic carbocycles. The third-order valence-corrected chi connectivity index (χ3v) is 2.53. The van der Waals surface area contributed by atoms with Crippen molar-refractivity contribution < 1.29 is 21.9 Å². The quantitative estimate of drug-likeness (QED) is 0.326. The first-order valence-corrected chi connectivity index (χ1v) is 4.45. The van der Waals surface area contributed by atoms with E-state index in [0.29, 0.717) is 4.65 Å². The van der Waals surface area contributed by atoms with Gasteiger partial charge in [0.1, 0.15) is 13.6 Å². The monoisotopic (exact) mass is 203 g/mol. The molecule has 0 N–H and O–H groups in total. The first kappa shape index (κ1) is 12.7. The van der Waals surface area contributed by atoms with Crippen LogP contribution in [0, 0.1) is 0 Å². The Balaban J connectivity index is 0.00000144. The number of nitrogens with zero attached hydrogens (tertiary/aromatic N) is 1. The van der Waals surface area contributed by atoms with Crippen molar-refractivity contribution in [2.24, 2.45) is 0 Å². The number of halogens is 1. The predicted octanol–water partition coefficient (Wildman–Crippen LogP) is -0.749. The zero-order chi connectivity index (χ0) is 9.24. The highest BCUT2D eigenvalue weighted by Crippen LogP contribution is 2.47. The summed E-state index contributed by atoms with van der Waals surface area (Å²) in [6, 6.07) is 0. The molecule has 2 nitrogen and oxygen atoms in total. The Morgan fingerprint density at radius 1 is 1.46 bits per heavy atom. The van der Waals surface area contributed by atoms with Gasteiger partial charge in [0.2, 0.25) is 0 Å². The van der Waals surface area contributed by atoms with E-state index in [2.05, 4.69) is 27.1 Å². The number of rotatable bonds is 5. The lowest BCUT2D eigenvalue weighted by atomic mass is 10.1. The number of hydroxylamine groups is 3. The van der Waals surface area contributed by atoms with Crippen molar-refractivity contribution in [3.8, 4) is 0 Å². The number of likely N-dealkylation sites (N-methyl/N-ethyl adjacent to an activating group) is 1. The van der Waals surface area contributed by atoms with Gasteiger partial charge in [-0.15, -0.1) is 9.48 Å². The van der Waals surface area contributed by atoms with Gasteiger partial charge in [-0.2, -0.15) is 0 Å². The minimum Gasteiger partial charge on any atom is -1.00 e. The molecule has 0 aromatic carbocycles. The maximum absolute atomic E-state index is 5.67. The zero-order valence-electron chi connectivity index (χ0n) is 8.42. The van der Waals surface area contributed by atoms with Crippen LogP contribution in [-0.2, 0) is 4.84 Å². The molecule has 1 aliphatic rings. The zero-order valence-corrected chi connectivity index (χ0v) is 9.18. The highest BCUT2D eigenvalue weighted by molar-refractivity contribution is 4.94. The highest BCUT2D eigenvalue weighted by Gasteiger charge is 2.68. The molecule has 13 heavy (non-hydrogen) atoms. The molecular weight excluding hydrogens is 186 g/mol. The standard InChI is InChI=1S/C10H18NO.ClH/c1-5-8-10(7-3)11(4,12-10)9-6-2;/h6-7H,2-3,5,8-9H2,1,4H3;1H/q+1;/p-1. The van der Waals surface area contributed by atoms with Crippen LogP contribution in [0.2, 0.25) is 0 Å². The van der Waals surface area contributed by atoms with Crippen LogP contribution in [-0.4, -0.2) is 24.0 Å². The van der Waals surface area contributed by atoms with Crippen molar-refractivity contribution in [1.29, 1.82) is 0 Å². The summed E-state index contributed by atoms with van der Waals surface area (Å²) >= 11 is 0. The van der Waals surface area contributed by atoms with E-state index in [-0.39, 0.29) is 18.1 Å². The van der Waals surface area contributed by atoms with Crippen LogP contribution in [0.5, 0.6) is 0 Å². The molecule has 76 valence electrons. The molecule has 0 bridgehead atoms. The van der Waals surface area contributed by atoms with Gasteiger partial charge in [-0.3, -0.25) is 0 Å². The van der Waals surface area contributed by atoms with Gasteiger partial charge in [0.05, 0.1) is 0 Å². The van der Waals surface area contributed by atoms with Crippen LogP contribution in [0.1, 0.15) is 19.8 Å². The summed E-state index contributed by atoms with van der Waals surface area (Å²) < 4.78 is 0.619. The fourth-order valence-corrected chi connectivity index (χ4v) is 1.74. The van der Waals surface area contributed by atoms with Crippen molar-refractivity contribution in [3.63, 3.8) is 0 Å². The summed E-state index contributed by atoms with van der Waals surface area (Å²) in [5.74, 6) is 0. The van der Waals surface area contributed by atoms with Gasteiger partial charge in [-0.05, 0) is 12.5 Å². The lowest BCUT2D eigenvalue weighted by Crippen LogP contribution is -3.00. The van der Waals surface area contributed by atoms with Crippen LogP contribution in [0.3, 0.4) is 0 Å². The molecule has 2 atom stereocenters. The SMILES string of the molecule is C=CC[N+]1(C)OC1(C=C)CCC.[Cl-]. The van der Waals surface area contributed by atoms with Crippen LogP contribution >= 0.6 is 0 Å². The minimum atomic E-state index is -0.122. The fourth-order valence-electron chi connectivity index (χ4n) is 1.74. The molecule has 0 aromatic rings. The molecule has 0 spiro atoms. The normalized spacial score (nSPS) is 36.2. The molecule has 1 saturated heterocycles. The van der Waals surface area contributed by atoms with E-state index in [1.54, 1.807) is 0 Å². The molecule has 0 aromatic heterocycles. The van der Waals surface area contributed by atoms with E-state index in [1.807, 2.05) is 12.2 Å². The topological polar surface area (TPSA) is 12.5 Å². The second-order valence-corrected chi connectivity index (χ2v) is 3.46. The molecule has 3 heteroatoms. The number of hydrogen-bond acceptors (Lipinski definition) is 1. The molecular formula is C10H18ClNO. The summed E-state index contributed by atoms with van der Waals surface area (Å²) in [5, 5.41) is 0. The van der Waals surface area contributed by atoms with Gasteiger partial charge in [0.25, 0.3) is 0 Å². The fraction of sp³-hybridized carbons (Fsp3) is 0.600. The van der Waals surface area contributed by atoms with Crippen LogP contribution in [0.25, 0.3) is 0 Å². The molecule has 0 radical (unpaired) electrons. The Kier molecular flexibility index (Phi) is 4.17. The summed E-state index contributed by atoms with van der Waals surface area (Å²) in [6.07, 6.45) is 5.97. The maximum Gasteiger partial charge on any atom is 0.302 e. The molecule has 2 unspecified atom stereocenters. The van der Waals surface area contributed by atoms with E-state index >= 15 is 0 Å². The van der Waals surface area contributed by atoms with E-state index in [0.717, 1.165) is 19.4 Å². The van der Waals surface area contributed by atoms with E-state index in [4.69, 9.17) is 4.84 Å². The number of quaternary nitrogens is 1. The molecule has 0 amide bonds. The second-order valence-electron chi connectivity index (χ2n) is 3.46. The Morgan fingerprint density at radius 3 is 2.46 bits per heavy atom. The van der Waals surface area contributed by atoms with Crippen molar-refractivity contribution in [2.45, 2.75) is 25.5 Å². The summed E-state index contributed by atoms with van der Waals surface area (Å²) in [5.41, 5.74) is -0.122. The van der Waals surface area contributed by atoms with Gasteiger partial charge in [-0.25, -0.2) is 0 Å². The van der Waals surface area contributed by atoms with Crippen molar-refractivity contribution in [3.05, 3.63) is 25.3 Å². The van der Waals surface area contributed by atoms with Gasteiger partial charge < -0.3 is 12.4 Å². The molecule has 1 heterocycles. The number of hydrogen-bond donors (Lipinski definition) is 0. The Morgan fingerprint density at radius 2 is 2.08 bits per heavy atom. The van der Waals surface area contributed by atoms with Gasteiger partial charge >= 0.3 is 5.72 Å². The summed E-state index contributed by atoms with van der Waals surface area (Å²) in [6.45, 7) is 10.5. The van der Waals surface area contributed by atoms with Crippen LogP contribution < -0.4 is 12.4 Å². The van der Waals surface area contributed by atoms with Crippen LogP contribution in [0.15, 0.2) is 25.3 Å². The minimum absolute atomic E-state index is 0. The summed E-state index contributed by atoms with van der Waals surface area (Å²) in [4.78, 5) is 5.67. The van der Waals surface area contributed by atoms with E-state index < -0.39 is 0 Å². The third-order valence-electron chi connectivity index (χ3n) is 2.53. The first-order valence-electron chi connectivity index (χ1n) is 4.45. The third kappa shape index (κ3) is 1.96. The van der Waals surface area contributed by atoms with Gasteiger partial charge in [0.15, 0.2) is 0 Å². The highest BCUT2D eigenvalue weighted by atomic mass is 35.5. The van der Waals surface area contributed by atoms with Crippen molar-refractivity contribution >= 4 is 0 Å². The Labute approximate surface area is 86.8 Å². The lowest BCUT2D eigenvalue weighted by Gasteiger charge is -2.08. The molecule has 1 aliphatic heterocycles. The summed E-state index contributed by atoms with van der Waals surface area (Å²) in [7, 11) is 2.07. The van der Waals surface area contributed by atoms with Gasteiger partial charge in [-0.1, -0.05) is 20.1 Å².